The first-order chi connectivity index (χ1) is 37.0. The molecule has 1 heterocycles. The number of hydrogen-bond donors (Lipinski definition) is 16. The number of allylic oxidation sites excluding steroid dienone is 3. The second-order valence-corrected chi connectivity index (χ2v) is 18.2. The Kier molecular flexibility index (Phi) is 33.2. The van der Waals surface area contributed by atoms with Gasteiger partial charge in [-0.05, 0) is 64.7 Å². The van der Waals surface area contributed by atoms with Crippen LogP contribution in [-0.4, -0.2) is 198 Å². The van der Waals surface area contributed by atoms with Crippen LogP contribution in [0, 0.1) is 0 Å². The number of rotatable bonds is 38. The van der Waals surface area contributed by atoms with Gasteiger partial charge in [0.05, 0.1) is 19.8 Å². The highest BCUT2D eigenvalue weighted by atomic mass is 16.5. The molecule has 78 heavy (non-hydrogen) atoms. The molecule has 1 aliphatic rings. The Morgan fingerprint density at radius 2 is 1.22 bits per heavy atom. The van der Waals surface area contributed by atoms with E-state index >= 15 is 0 Å². The summed E-state index contributed by atoms with van der Waals surface area (Å²) >= 11 is 0. The monoisotopic (exact) mass is 1110 g/mol. The summed E-state index contributed by atoms with van der Waals surface area (Å²) in [6, 6.07) is -12.6. The Morgan fingerprint density at radius 3 is 1.77 bits per heavy atom. The average molecular weight is 1110 g/mol. The van der Waals surface area contributed by atoms with Gasteiger partial charge in [-0.25, -0.2) is 14.9 Å². The van der Waals surface area contributed by atoms with Crippen LogP contribution in [0.25, 0.3) is 0 Å². The number of carbonyl (C=O) groups excluding carboxylic acids is 11. The first-order valence-electron chi connectivity index (χ1n) is 25.7. The van der Waals surface area contributed by atoms with Gasteiger partial charge in [0, 0.05) is 32.9 Å². The molecule has 1 aliphatic heterocycles. The Labute approximate surface area is 450 Å². The number of piperidine rings is 1. The first-order valence-corrected chi connectivity index (χ1v) is 25.7. The number of aliphatic hydroxyl groups is 4. The standard InChI is InChI=1S/C48H79N11O19/c1-4-6-7-8-9-10-11-12-13-14-15-20-37(65)57-38(39(66)48(75)76)46(73)56-35(27-62)44(71)52-31(21-22-36(49)64)42(69)55-33(25-60)43(70)51-30(18-16-23-58(77)28(3)63)41(68)50-29(5-2)40(67)54-34(26-61)45(72)53-32-19-17-24-59(78)47(32)74/h5,12-13,30-35,38-39,60-62,66,77-78H,4,6-11,14-27H2,1-3H3,(H2,49,64)(H,50,68)(H,51,70)(H,52,71)(H,53,72)(H,54,67)(H,55,69)(H,56,73)(H,57,65)(H,75,76)/b13-12-,29-5-/t30-,31-,32+,33+,34+,35-,38+,39+/m0/s1. The number of carbonyl (C=O) groups is 12. The summed E-state index contributed by atoms with van der Waals surface area (Å²) in [4.78, 5) is 154. The molecule has 30 heteroatoms. The van der Waals surface area contributed by atoms with Crippen molar-refractivity contribution >= 4 is 70.9 Å². The molecule has 0 saturated carbocycles. The van der Waals surface area contributed by atoms with Gasteiger partial charge < -0.3 is 73.8 Å². The second-order valence-electron chi connectivity index (χ2n) is 18.2. The van der Waals surface area contributed by atoms with Crippen molar-refractivity contribution in [3.05, 3.63) is 23.9 Å². The number of nitrogens with zero attached hydrogens (tertiary/aromatic N) is 2. The third-order valence-corrected chi connectivity index (χ3v) is 12.0. The maximum Gasteiger partial charge on any atom is 0.335 e. The van der Waals surface area contributed by atoms with E-state index in [4.69, 9.17) is 5.73 Å². The molecule has 0 bridgehead atoms. The summed E-state index contributed by atoms with van der Waals surface area (Å²) in [7, 11) is 0. The minimum Gasteiger partial charge on any atom is -0.479 e. The van der Waals surface area contributed by atoms with Gasteiger partial charge in [0.2, 0.25) is 53.2 Å². The fourth-order valence-corrected chi connectivity index (χ4v) is 7.40. The van der Waals surface area contributed by atoms with E-state index in [-0.39, 0.29) is 32.4 Å². The predicted molar refractivity (Wildman–Crippen MR) is 271 cm³/mol. The van der Waals surface area contributed by atoms with E-state index in [9.17, 15) is 93.5 Å². The van der Waals surface area contributed by atoms with Crippen molar-refractivity contribution in [3.8, 4) is 0 Å². The van der Waals surface area contributed by atoms with Crippen molar-refractivity contribution in [2.24, 2.45) is 5.73 Å². The number of aliphatic carboxylic acids is 1. The minimum atomic E-state index is -2.54. The van der Waals surface area contributed by atoms with Crippen LogP contribution in [0.3, 0.4) is 0 Å². The van der Waals surface area contributed by atoms with Crippen LogP contribution >= 0.6 is 0 Å². The number of aliphatic hydroxyl groups excluding tert-OH is 4. The van der Waals surface area contributed by atoms with E-state index in [2.05, 4.69) is 44.1 Å². The zero-order chi connectivity index (χ0) is 58.9. The second kappa shape index (κ2) is 37.6. The first kappa shape index (κ1) is 68.9. The Bertz CT molecular complexity index is 2110. The summed E-state index contributed by atoms with van der Waals surface area (Å²) in [6.07, 6.45) is 9.27. The number of carboxylic acid groups (broad SMARTS) is 1. The molecule has 440 valence electrons. The molecule has 11 amide bonds. The highest BCUT2D eigenvalue weighted by Gasteiger charge is 2.38. The van der Waals surface area contributed by atoms with Crippen molar-refractivity contribution in [2.75, 3.05) is 32.9 Å². The number of carboxylic acids is 1. The Balaban J connectivity index is 3.20. The van der Waals surface area contributed by atoms with E-state index in [1.54, 1.807) is 0 Å². The third kappa shape index (κ3) is 25.8. The summed E-state index contributed by atoms with van der Waals surface area (Å²) < 4.78 is 0. The largest absolute Gasteiger partial charge is 0.479 e. The van der Waals surface area contributed by atoms with Crippen LogP contribution in [0.1, 0.15) is 124 Å². The van der Waals surface area contributed by atoms with Crippen LogP contribution in [0.4, 0.5) is 0 Å². The van der Waals surface area contributed by atoms with E-state index in [1.807, 2.05) is 17.5 Å². The lowest BCUT2D eigenvalue weighted by molar-refractivity contribution is -0.173. The van der Waals surface area contributed by atoms with Crippen molar-refractivity contribution in [3.63, 3.8) is 0 Å². The van der Waals surface area contributed by atoms with E-state index in [0.717, 1.165) is 45.1 Å². The van der Waals surface area contributed by atoms with Gasteiger partial charge in [0.1, 0.15) is 48.0 Å². The maximum absolute atomic E-state index is 13.7. The lowest BCUT2D eigenvalue weighted by Gasteiger charge is -2.29. The van der Waals surface area contributed by atoms with Crippen molar-refractivity contribution in [1.29, 1.82) is 0 Å². The highest BCUT2D eigenvalue weighted by Crippen LogP contribution is 2.12. The average Bonchev–Trinajstić information content (AvgIpc) is 3.40. The molecule has 1 saturated heterocycles. The normalized spacial score (nSPS) is 16.2. The smallest absolute Gasteiger partial charge is 0.335 e. The molecular formula is C48H79N11O19. The molecule has 0 radical (unpaired) electrons. The summed E-state index contributed by atoms with van der Waals surface area (Å²) in [5.41, 5.74) is 4.72. The zero-order valence-corrected chi connectivity index (χ0v) is 44.2. The van der Waals surface area contributed by atoms with Crippen LogP contribution in [-0.2, 0) is 57.5 Å². The fraction of sp³-hybridized carbons (Fsp3) is 0.667. The highest BCUT2D eigenvalue weighted by molar-refractivity contribution is 6.02. The van der Waals surface area contributed by atoms with E-state index < -0.39 is 164 Å². The third-order valence-electron chi connectivity index (χ3n) is 12.0. The number of hydroxylamine groups is 4. The summed E-state index contributed by atoms with van der Waals surface area (Å²) in [5, 5.41) is 87.7. The number of hydrogen-bond acceptors (Lipinski definition) is 18. The number of nitrogens with two attached hydrogens (primary N) is 1. The molecule has 0 aromatic heterocycles. The number of unbranched alkanes of at least 4 members (excludes halogenated alkanes) is 7. The number of amides is 11. The molecule has 30 nitrogen and oxygen atoms in total. The van der Waals surface area contributed by atoms with Crippen molar-refractivity contribution in [2.45, 2.75) is 172 Å². The van der Waals surface area contributed by atoms with E-state index in [0.29, 0.717) is 29.4 Å². The molecule has 0 spiro atoms. The van der Waals surface area contributed by atoms with Gasteiger partial charge in [-0.2, -0.15) is 0 Å². The zero-order valence-electron chi connectivity index (χ0n) is 44.2. The van der Waals surface area contributed by atoms with Crippen LogP contribution in [0.5, 0.6) is 0 Å². The van der Waals surface area contributed by atoms with Crippen LogP contribution in [0.2, 0.25) is 0 Å². The molecule has 17 N–H and O–H groups in total. The maximum atomic E-state index is 13.7. The van der Waals surface area contributed by atoms with Crippen LogP contribution < -0.4 is 48.3 Å². The van der Waals surface area contributed by atoms with Gasteiger partial charge in [0.25, 0.3) is 11.8 Å². The summed E-state index contributed by atoms with van der Waals surface area (Å²) in [5.74, 6) is -14.1. The van der Waals surface area contributed by atoms with Gasteiger partial charge >= 0.3 is 5.97 Å². The number of primary amides is 1. The molecule has 8 atom stereocenters. The van der Waals surface area contributed by atoms with Gasteiger partial charge in [-0.3, -0.25) is 63.2 Å². The Morgan fingerprint density at radius 1 is 0.692 bits per heavy atom. The van der Waals surface area contributed by atoms with Gasteiger partial charge in [-0.15, -0.1) is 0 Å². The molecular weight excluding hydrogens is 1030 g/mol. The molecule has 1 fully saturated rings. The van der Waals surface area contributed by atoms with Crippen LogP contribution in [0.15, 0.2) is 23.9 Å². The predicted octanol–water partition coefficient (Wildman–Crippen LogP) is -4.41. The molecule has 0 unspecified atom stereocenters. The van der Waals surface area contributed by atoms with E-state index in [1.165, 1.54) is 19.8 Å². The summed E-state index contributed by atoms with van der Waals surface area (Å²) in [6.45, 7) is 0.670. The lowest BCUT2D eigenvalue weighted by atomic mass is 10.1. The topological polar surface area (TPSA) is 475 Å². The molecule has 1 rings (SSSR count). The van der Waals surface area contributed by atoms with Crippen molar-refractivity contribution < 1.29 is 93.5 Å². The minimum absolute atomic E-state index is 0.0223. The molecule has 0 aliphatic carbocycles. The lowest BCUT2D eigenvalue weighted by Crippen LogP contribution is -2.62. The van der Waals surface area contributed by atoms with Crippen molar-refractivity contribution in [1.82, 2.24) is 52.7 Å². The SMILES string of the molecule is C/C=C(\NC(=O)[C@H](CCCN(O)C(C)=O)NC(=O)[C@@H](CO)NC(=O)[C@H](CCC(N)=O)NC(=O)[C@H](CO)NC(=O)[C@H](NC(=O)CCC/C=C\CCCCCCCC)[C@@H](O)C(=O)O)C(=O)N[C@H](CO)C(=O)N[C@@H]1CCCN(O)C1=O. The van der Waals surface area contributed by atoms with Gasteiger partial charge in [0.15, 0.2) is 6.10 Å². The number of nitrogens with one attached hydrogen (secondary N) is 8. The molecule has 0 aromatic rings. The quantitative estimate of drug-likeness (QED) is 0.00912. The Hall–Kier alpha value is -7.12. The fourth-order valence-electron chi connectivity index (χ4n) is 7.40. The van der Waals surface area contributed by atoms with Gasteiger partial charge in [-0.1, -0.05) is 57.3 Å². The molecule has 0 aromatic carbocycles.